The number of hydrogen-bond donors (Lipinski definition) is 2. The largest absolute Gasteiger partial charge is 0.449 e. The summed E-state index contributed by atoms with van der Waals surface area (Å²) in [7, 11) is -3.84. The molecule has 9 nitrogen and oxygen atoms in total. The zero-order valence-electron chi connectivity index (χ0n) is 16.2. The van der Waals surface area contributed by atoms with E-state index >= 15 is 0 Å². The molecule has 3 amide bonds. The number of ether oxygens (including phenoxy) is 1. The van der Waals surface area contributed by atoms with Crippen molar-refractivity contribution in [2.45, 2.75) is 30.9 Å². The zero-order chi connectivity index (χ0) is 21.9. The van der Waals surface area contributed by atoms with Crippen LogP contribution in [-0.2, 0) is 32.5 Å². The highest BCUT2D eigenvalue weighted by atomic mass is 32.2. The monoisotopic (exact) mass is 431 g/mol. The normalized spacial score (nSPS) is 15.0. The Kier molecular flexibility index (Phi) is 6.18. The molecule has 10 heteroatoms. The van der Waals surface area contributed by atoms with Gasteiger partial charge in [0, 0.05) is 13.1 Å². The van der Waals surface area contributed by atoms with E-state index in [1.807, 2.05) is 24.3 Å². The zero-order valence-corrected chi connectivity index (χ0v) is 17.0. The van der Waals surface area contributed by atoms with Gasteiger partial charge in [0.15, 0.2) is 6.10 Å². The number of amides is 3. The van der Waals surface area contributed by atoms with Gasteiger partial charge in [0.1, 0.15) is 0 Å². The van der Waals surface area contributed by atoms with E-state index in [1.165, 1.54) is 35.5 Å². The second-order valence-corrected chi connectivity index (χ2v) is 8.72. The molecule has 158 valence electrons. The second kappa shape index (κ2) is 8.64. The molecule has 1 atom stereocenters. The van der Waals surface area contributed by atoms with E-state index in [9.17, 15) is 22.8 Å². The van der Waals surface area contributed by atoms with Crippen LogP contribution in [0.2, 0.25) is 0 Å². The molecule has 0 unspecified atom stereocenters. The highest BCUT2D eigenvalue weighted by Gasteiger charge is 2.29. The van der Waals surface area contributed by atoms with E-state index in [4.69, 9.17) is 10.5 Å². The first kappa shape index (κ1) is 21.5. The Morgan fingerprint density at radius 3 is 2.50 bits per heavy atom. The summed E-state index contributed by atoms with van der Waals surface area (Å²) >= 11 is 0. The van der Waals surface area contributed by atoms with Gasteiger partial charge in [-0.25, -0.2) is 18.0 Å². The van der Waals surface area contributed by atoms with E-state index in [0.717, 1.165) is 11.1 Å². The Hall–Kier alpha value is -3.24. The highest BCUT2D eigenvalue weighted by Crippen LogP contribution is 2.25. The molecule has 0 spiro atoms. The molecule has 3 N–H and O–H groups in total. The van der Waals surface area contributed by atoms with Crippen molar-refractivity contribution in [2.24, 2.45) is 5.73 Å². The van der Waals surface area contributed by atoms with Crippen LogP contribution in [0.1, 0.15) is 28.4 Å². The maximum Gasteiger partial charge on any atom is 0.338 e. The Morgan fingerprint density at radius 2 is 1.80 bits per heavy atom. The minimum atomic E-state index is -3.84. The molecular formula is C20H21N3O6S. The second-order valence-electron chi connectivity index (χ2n) is 6.79. The number of primary amides is 1. The fraction of sp³-hybridized carbons (Fsp3) is 0.250. The molecule has 3 rings (SSSR count). The number of hydrogen-bond acceptors (Lipinski definition) is 6. The number of nitrogens with one attached hydrogen (secondary N) is 1. The van der Waals surface area contributed by atoms with Gasteiger partial charge in [-0.3, -0.25) is 10.1 Å². The molecule has 0 aromatic heterocycles. The molecule has 1 aliphatic rings. The van der Waals surface area contributed by atoms with Crippen LogP contribution in [0.15, 0.2) is 53.4 Å². The maximum absolute atomic E-state index is 13.1. The van der Waals surface area contributed by atoms with Crippen LogP contribution >= 0.6 is 0 Å². The lowest BCUT2D eigenvalue weighted by Gasteiger charge is -2.28. The third kappa shape index (κ3) is 4.66. The number of nitrogens with two attached hydrogens (primary N) is 1. The molecular weight excluding hydrogens is 410 g/mol. The lowest BCUT2D eigenvalue weighted by molar-refractivity contribution is -0.127. The van der Waals surface area contributed by atoms with Gasteiger partial charge < -0.3 is 10.5 Å². The van der Waals surface area contributed by atoms with Gasteiger partial charge in [-0.1, -0.05) is 30.3 Å². The molecule has 2 aromatic carbocycles. The smallest absolute Gasteiger partial charge is 0.338 e. The van der Waals surface area contributed by atoms with Gasteiger partial charge in [0.05, 0.1) is 10.5 Å². The van der Waals surface area contributed by atoms with Crippen LogP contribution in [0.3, 0.4) is 0 Å². The number of carbonyl (C=O) groups is 3. The average molecular weight is 431 g/mol. The molecule has 1 heterocycles. The fourth-order valence-electron chi connectivity index (χ4n) is 3.11. The van der Waals surface area contributed by atoms with Crippen LogP contribution in [0, 0.1) is 0 Å². The number of sulfonamides is 1. The first-order chi connectivity index (χ1) is 14.2. The Labute approximate surface area is 173 Å². The van der Waals surface area contributed by atoms with Crippen LogP contribution in [-0.4, -0.2) is 43.3 Å². The Bertz CT molecular complexity index is 1100. The summed E-state index contributed by atoms with van der Waals surface area (Å²) < 4.78 is 32.5. The minimum absolute atomic E-state index is 0.0350. The standard InChI is InChI=1S/C20H21N3O6S/c1-13(18(24)22-20(21)26)29-19(25)15-7-4-8-17(11-15)30(27,28)23-10-9-14-5-2-3-6-16(14)12-23/h2-8,11,13H,9-10,12H2,1H3,(H3,21,22,24,26)/t13-/m0/s1. The van der Waals surface area contributed by atoms with Crippen molar-refractivity contribution in [2.75, 3.05) is 6.54 Å². The average Bonchev–Trinajstić information content (AvgIpc) is 2.72. The van der Waals surface area contributed by atoms with Gasteiger partial charge in [-0.05, 0) is 42.7 Å². The van der Waals surface area contributed by atoms with Crippen LogP contribution < -0.4 is 11.1 Å². The first-order valence-electron chi connectivity index (χ1n) is 9.17. The SMILES string of the molecule is C[C@H](OC(=O)c1cccc(S(=O)(=O)N2CCc3ccccc3C2)c1)C(=O)NC(N)=O. The van der Waals surface area contributed by atoms with E-state index in [0.29, 0.717) is 13.0 Å². The van der Waals surface area contributed by atoms with E-state index in [2.05, 4.69) is 0 Å². The molecule has 0 bridgehead atoms. The van der Waals surface area contributed by atoms with Crippen molar-refractivity contribution in [1.82, 2.24) is 9.62 Å². The summed E-state index contributed by atoms with van der Waals surface area (Å²) in [6, 6.07) is 12.0. The van der Waals surface area contributed by atoms with Gasteiger partial charge in [0.25, 0.3) is 5.91 Å². The number of esters is 1. The van der Waals surface area contributed by atoms with Gasteiger partial charge in [0.2, 0.25) is 10.0 Å². The fourth-order valence-corrected chi connectivity index (χ4v) is 4.58. The quantitative estimate of drug-likeness (QED) is 0.682. The number of nitrogens with zero attached hydrogens (tertiary/aromatic N) is 1. The molecule has 0 saturated carbocycles. The van der Waals surface area contributed by atoms with E-state index in [-0.39, 0.29) is 17.0 Å². The van der Waals surface area contributed by atoms with Crippen molar-refractivity contribution in [3.05, 3.63) is 65.2 Å². The van der Waals surface area contributed by atoms with Crippen LogP contribution in [0.5, 0.6) is 0 Å². The van der Waals surface area contributed by atoms with E-state index in [1.54, 1.807) is 5.32 Å². The van der Waals surface area contributed by atoms with Crippen molar-refractivity contribution in [1.29, 1.82) is 0 Å². The third-order valence-corrected chi connectivity index (χ3v) is 6.54. The van der Waals surface area contributed by atoms with Crippen molar-refractivity contribution in [3.8, 4) is 0 Å². The summed E-state index contributed by atoms with van der Waals surface area (Å²) in [4.78, 5) is 34.7. The van der Waals surface area contributed by atoms with Gasteiger partial charge in [-0.2, -0.15) is 4.31 Å². The van der Waals surface area contributed by atoms with Crippen molar-refractivity contribution in [3.63, 3.8) is 0 Å². The molecule has 0 radical (unpaired) electrons. The summed E-state index contributed by atoms with van der Waals surface area (Å²) in [6.07, 6.45) is -0.687. The number of fused-ring (bicyclic) bond motifs is 1. The number of rotatable bonds is 5. The molecule has 2 aromatic rings. The highest BCUT2D eigenvalue weighted by molar-refractivity contribution is 7.89. The topological polar surface area (TPSA) is 136 Å². The molecule has 30 heavy (non-hydrogen) atoms. The predicted molar refractivity (Wildman–Crippen MR) is 107 cm³/mol. The summed E-state index contributed by atoms with van der Waals surface area (Å²) in [6.45, 7) is 1.85. The lowest BCUT2D eigenvalue weighted by atomic mass is 10.0. The minimum Gasteiger partial charge on any atom is -0.449 e. The summed E-state index contributed by atoms with van der Waals surface area (Å²) in [5.74, 6) is -1.78. The van der Waals surface area contributed by atoms with Gasteiger partial charge >= 0.3 is 12.0 Å². The Morgan fingerprint density at radius 1 is 1.10 bits per heavy atom. The Balaban J connectivity index is 1.77. The summed E-state index contributed by atoms with van der Waals surface area (Å²) in [5.41, 5.74) is 6.88. The van der Waals surface area contributed by atoms with Crippen LogP contribution in [0.25, 0.3) is 0 Å². The molecule has 0 saturated heterocycles. The number of benzene rings is 2. The van der Waals surface area contributed by atoms with Crippen molar-refractivity contribution < 1.29 is 27.5 Å². The van der Waals surface area contributed by atoms with Crippen molar-refractivity contribution >= 4 is 27.9 Å². The summed E-state index contributed by atoms with van der Waals surface area (Å²) in [5, 5.41) is 1.81. The number of urea groups is 1. The maximum atomic E-state index is 13.1. The first-order valence-corrected chi connectivity index (χ1v) is 10.6. The van der Waals surface area contributed by atoms with Crippen LogP contribution in [0.4, 0.5) is 4.79 Å². The van der Waals surface area contributed by atoms with Gasteiger partial charge in [-0.15, -0.1) is 0 Å². The number of carbonyl (C=O) groups excluding carboxylic acids is 3. The molecule has 0 fully saturated rings. The molecule has 1 aliphatic heterocycles. The predicted octanol–water partition coefficient (Wildman–Crippen LogP) is 1.17. The third-order valence-electron chi connectivity index (χ3n) is 4.70. The number of imide groups is 1. The molecule has 0 aliphatic carbocycles. The van der Waals surface area contributed by atoms with E-state index < -0.39 is 34.0 Å². The lowest BCUT2D eigenvalue weighted by Crippen LogP contribution is -2.42.